The maximum absolute atomic E-state index is 14.2. The molecule has 0 aliphatic rings. The number of nitrogens with two attached hydrogens (primary N) is 1. The predicted molar refractivity (Wildman–Crippen MR) is 109 cm³/mol. The van der Waals surface area contributed by atoms with Crippen LogP contribution in [0.5, 0.6) is 0 Å². The molecule has 148 valence electrons. The smallest absolute Gasteiger partial charge is 0.187 e. The highest BCUT2D eigenvalue weighted by atomic mass is 19.1. The summed E-state index contributed by atoms with van der Waals surface area (Å²) in [6.07, 6.45) is 7.62. The van der Waals surface area contributed by atoms with Crippen molar-refractivity contribution in [3.8, 4) is 0 Å². The molecule has 1 aromatic carbocycles. The number of rotatable bonds is 8. The number of halogens is 1. The minimum absolute atomic E-state index is 0.0722. The Hall–Kier alpha value is -3.65. The molecule has 0 atom stereocenters. The molecule has 3 aromatic rings. The fraction of sp³-hybridized carbons (Fsp3) is 0.143. The number of carbonyl (C=O) groups excluding carboxylic acids is 1. The van der Waals surface area contributed by atoms with Crippen LogP contribution in [0.4, 0.5) is 15.9 Å². The van der Waals surface area contributed by atoms with E-state index in [1.54, 1.807) is 36.5 Å². The quantitative estimate of drug-likeness (QED) is 0.504. The molecule has 2 heterocycles. The SMILES string of the molecule is Nc1ncccc1NCc1cc(CC(=O)c2cnc(/C=C/CO)cn2)ccc1F. The van der Waals surface area contributed by atoms with E-state index in [2.05, 4.69) is 20.3 Å². The number of aromatic nitrogens is 3. The van der Waals surface area contributed by atoms with Gasteiger partial charge in [-0.1, -0.05) is 18.2 Å². The number of aliphatic hydroxyl groups is 1. The molecule has 0 fully saturated rings. The second-order valence-electron chi connectivity index (χ2n) is 6.23. The summed E-state index contributed by atoms with van der Waals surface area (Å²) >= 11 is 0. The number of hydrogen-bond acceptors (Lipinski definition) is 7. The van der Waals surface area contributed by atoms with E-state index in [1.165, 1.54) is 24.5 Å². The largest absolute Gasteiger partial charge is 0.392 e. The van der Waals surface area contributed by atoms with E-state index in [9.17, 15) is 9.18 Å². The van der Waals surface area contributed by atoms with Crippen molar-refractivity contribution in [2.24, 2.45) is 0 Å². The van der Waals surface area contributed by atoms with Crippen LogP contribution < -0.4 is 11.1 Å². The number of aliphatic hydroxyl groups excluding tert-OH is 1. The van der Waals surface area contributed by atoms with Gasteiger partial charge in [-0.25, -0.2) is 14.4 Å². The van der Waals surface area contributed by atoms with Gasteiger partial charge in [-0.3, -0.25) is 9.78 Å². The summed E-state index contributed by atoms with van der Waals surface area (Å²) in [5.74, 6) is -0.275. The van der Waals surface area contributed by atoms with Crippen LogP contribution in [0.25, 0.3) is 6.08 Å². The van der Waals surface area contributed by atoms with Gasteiger partial charge in [0.15, 0.2) is 5.78 Å². The second-order valence-corrected chi connectivity index (χ2v) is 6.23. The number of anilines is 2. The fourth-order valence-electron chi connectivity index (χ4n) is 2.65. The van der Waals surface area contributed by atoms with Crippen molar-refractivity contribution in [2.75, 3.05) is 17.7 Å². The summed E-state index contributed by atoms with van der Waals surface area (Å²) < 4.78 is 14.2. The van der Waals surface area contributed by atoms with Gasteiger partial charge in [0.05, 0.1) is 30.4 Å². The lowest BCUT2D eigenvalue weighted by Gasteiger charge is -2.10. The average molecular weight is 393 g/mol. The summed E-state index contributed by atoms with van der Waals surface area (Å²) in [6.45, 7) is 0.104. The highest BCUT2D eigenvalue weighted by Crippen LogP contribution is 2.18. The van der Waals surface area contributed by atoms with Gasteiger partial charge in [0.1, 0.15) is 17.3 Å². The minimum Gasteiger partial charge on any atom is -0.392 e. The Morgan fingerprint density at radius 1 is 1.21 bits per heavy atom. The number of pyridine rings is 1. The molecule has 0 aliphatic carbocycles. The van der Waals surface area contributed by atoms with Crippen molar-refractivity contribution in [2.45, 2.75) is 13.0 Å². The number of Topliss-reactive ketones (excluding diaryl/α,β-unsaturated/α-hetero) is 1. The molecule has 29 heavy (non-hydrogen) atoms. The number of hydrogen-bond donors (Lipinski definition) is 3. The first-order valence-electron chi connectivity index (χ1n) is 8.91. The van der Waals surface area contributed by atoms with Crippen LogP contribution in [-0.4, -0.2) is 32.4 Å². The number of ketones is 1. The third-order valence-corrected chi connectivity index (χ3v) is 4.13. The highest BCUT2D eigenvalue weighted by molar-refractivity contribution is 5.95. The minimum atomic E-state index is -0.379. The Bertz CT molecular complexity index is 1020. The third-order valence-electron chi connectivity index (χ3n) is 4.13. The van der Waals surface area contributed by atoms with Gasteiger partial charge in [0.25, 0.3) is 0 Å². The Kier molecular flexibility index (Phi) is 6.59. The molecule has 0 amide bonds. The van der Waals surface area contributed by atoms with Crippen LogP contribution >= 0.6 is 0 Å². The summed E-state index contributed by atoms with van der Waals surface area (Å²) in [5, 5.41) is 11.8. The molecule has 3 rings (SSSR count). The fourth-order valence-corrected chi connectivity index (χ4v) is 2.65. The van der Waals surface area contributed by atoms with Crippen LogP contribution in [0.15, 0.2) is 55.0 Å². The molecule has 0 unspecified atom stereocenters. The van der Waals surface area contributed by atoms with E-state index in [4.69, 9.17) is 10.8 Å². The summed E-state index contributed by atoms with van der Waals surface area (Å²) in [5.41, 5.74) is 8.23. The van der Waals surface area contributed by atoms with Gasteiger partial charge in [-0.15, -0.1) is 0 Å². The maximum Gasteiger partial charge on any atom is 0.187 e. The van der Waals surface area contributed by atoms with Gasteiger partial charge in [-0.05, 0) is 29.8 Å². The number of nitrogens with zero attached hydrogens (tertiary/aromatic N) is 3. The molecular formula is C21H20FN5O2. The van der Waals surface area contributed by atoms with Gasteiger partial charge < -0.3 is 16.2 Å². The molecule has 0 saturated heterocycles. The Labute approximate surface area is 167 Å². The predicted octanol–water partition coefficient (Wildman–Crippen LogP) is 2.64. The molecular weight excluding hydrogens is 373 g/mol. The summed E-state index contributed by atoms with van der Waals surface area (Å²) in [6, 6.07) is 8.03. The summed E-state index contributed by atoms with van der Waals surface area (Å²) in [4.78, 5) is 24.7. The highest BCUT2D eigenvalue weighted by Gasteiger charge is 2.12. The number of benzene rings is 1. The standard InChI is InChI=1S/C21H20FN5O2/c22-17-6-5-14(9-15(17)11-26-18-4-1-7-24-21(18)23)10-20(29)19-13-25-16(12-27-19)3-2-8-28/h1-7,9,12-13,26,28H,8,10-11H2,(H2,23,24)/b3-2+. The van der Waals surface area contributed by atoms with Crippen molar-refractivity contribution >= 4 is 23.4 Å². The average Bonchev–Trinajstić information content (AvgIpc) is 2.74. The lowest BCUT2D eigenvalue weighted by atomic mass is 10.0. The monoisotopic (exact) mass is 393 g/mol. The normalized spacial score (nSPS) is 11.0. The molecule has 0 radical (unpaired) electrons. The lowest BCUT2D eigenvalue weighted by molar-refractivity contribution is 0.0987. The van der Waals surface area contributed by atoms with E-state index < -0.39 is 0 Å². The van der Waals surface area contributed by atoms with Crippen LogP contribution in [-0.2, 0) is 13.0 Å². The molecule has 0 aliphatic heterocycles. The second kappa shape index (κ2) is 9.52. The molecule has 8 heteroatoms. The number of nitrogens with one attached hydrogen (secondary N) is 1. The van der Waals surface area contributed by atoms with Gasteiger partial charge >= 0.3 is 0 Å². The Balaban J connectivity index is 1.68. The Morgan fingerprint density at radius 2 is 2.07 bits per heavy atom. The zero-order chi connectivity index (χ0) is 20.6. The molecule has 0 saturated carbocycles. The molecule has 4 N–H and O–H groups in total. The topological polar surface area (TPSA) is 114 Å². The van der Waals surface area contributed by atoms with E-state index in [-0.39, 0.29) is 36.9 Å². The lowest BCUT2D eigenvalue weighted by Crippen LogP contribution is -2.09. The first-order chi connectivity index (χ1) is 14.1. The first-order valence-corrected chi connectivity index (χ1v) is 8.91. The van der Waals surface area contributed by atoms with Crippen LogP contribution in [0.3, 0.4) is 0 Å². The molecule has 0 bridgehead atoms. The van der Waals surface area contributed by atoms with E-state index >= 15 is 0 Å². The van der Waals surface area contributed by atoms with Crippen molar-refractivity contribution in [3.05, 3.63) is 83.3 Å². The van der Waals surface area contributed by atoms with Crippen LogP contribution in [0.1, 0.15) is 27.3 Å². The zero-order valence-electron chi connectivity index (χ0n) is 15.5. The number of carbonyl (C=O) groups is 1. The van der Waals surface area contributed by atoms with Gasteiger partial charge in [-0.2, -0.15) is 0 Å². The van der Waals surface area contributed by atoms with Crippen molar-refractivity contribution in [1.29, 1.82) is 0 Å². The zero-order valence-corrected chi connectivity index (χ0v) is 15.5. The summed E-state index contributed by atoms with van der Waals surface area (Å²) in [7, 11) is 0. The third kappa shape index (κ3) is 5.43. The van der Waals surface area contributed by atoms with Crippen molar-refractivity contribution in [3.63, 3.8) is 0 Å². The first kappa shape index (κ1) is 20.1. The van der Waals surface area contributed by atoms with E-state index in [0.717, 1.165) is 0 Å². The van der Waals surface area contributed by atoms with E-state index in [0.29, 0.717) is 28.3 Å². The van der Waals surface area contributed by atoms with Crippen LogP contribution in [0, 0.1) is 5.82 Å². The van der Waals surface area contributed by atoms with Gasteiger partial charge in [0, 0.05) is 24.7 Å². The molecule has 7 nitrogen and oxygen atoms in total. The molecule has 2 aromatic heterocycles. The maximum atomic E-state index is 14.2. The number of nitrogen functional groups attached to an aromatic ring is 1. The van der Waals surface area contributed by atoms with Crippen molar-refractivity contribution < 1.29 is 14.3 Å². The van der Waals surface area contributed by atoms with E-state index in [1.807, 2.05) is 0 Å². The van der Waals surface area contributed by atoms with Gasteiger partial charge in [0.2, 0.25) is 0 Å². The van der Waals surface area contributed by atoms with Crippen LogP contribution in [0.2, 0.25) is 0 Å². The Morgan fingerprint density at radius 3 is 2.79 bits per heavy atom. The van der Waals surface area contributed by atoms with Crippen molar-refractivity contribution in [1.82, 2.24) is 15.0 Å². The molecule has 0 spiro atoms.